The van der Waals surface area contributed by atoms with Gasteiger partial charge in [0.15, 0.2) is 0 Å². The summed E-state index contributed by atoms with van der Waals surface area (Å²) in [7, 11) is 0. The normalized spacial score (nSPS) is 10.2. The van der Waals surface area contributed by atoms with Crippen molar-refractivity contribution in [2.24, 2.45) is 0 Å². The Kier molecular flexibility index (Phi) is 4.07. The highest BCUT2D eigenvalue weighted by molar-refractivity contribution is 6.33. The average Bonchev–Trinajstić information content (AvgIpc) is 2.37. The summed E-state index contributed by atoms with van der Waals surface area (Å²) >= 11 is 6.03. The minimum Gasteiger partial charge on any atom is -0.399 e. The van der Waals surface area contributed by atoms with E-state index in [2.05, 4.69) is 5.32 Å². The fourth-order valence-corrected chi connectivity index (χ4v) is 1.91. The van der Waals surface area contributed by atoms with Crippen LogP contribution >= 0.6 is 11.6 Å². The highest BCUT2D eigenvalue weighted by atomic mass is 35.5. The van der Waals surface area contributed by atoms with Crippen molar-refractivity contribution in [2.45, 2.75) is 13.3 Å². The predicted molar refractivity (Wildman–Crippen MR) is 79.4 cm³/mol. The molecule has 0 aliphatic heterocycles. The molecule has 0 saturated heterocycles. The molecule has 0 aliphatic carbocycles. The summed E-state index contributed by atoms with van der Waals surface area (Å²) in [5.74, 6) is -0.0997. The number of anilines is 2. The van der Waals surface area contributed by atoms with E-state index in [-0.39, 0.29) is 5.91 Å². The molecule has 3 N–H and O–H groups in total. The van der Waals surface area contributed by atoms with Crippen molar-refractivity contribution in [3.8, 4) is 0 Å². The van der Waals surface area contributed by atoms with Gasteiger partial charge in [0.25, 0.3) is 0 Å². The van der Waals surface area contributed by atoms with Crippen LogP contribution in [0.2, 0.25) is 5.02 Å². The molecule has 0 aliphatic rings. The monoisotopic (exact) mass is 274 g/mol. The summed E-state index contributed by atoms with van der Waals surface area (Å²) in [6.45, 7) is 1.95. The molecule has 0 heterocycles. The third-order valence-corrected chi connectivity index (χ3v) is 3.07. The van der Waals surface area contributed by atoms with Gasteiger partial charge in [-0.2, -0.15) is 0 Å². The largest absolute Gasteiger partial charge is 0.399 e. The quantitative estimate of drug-likeness (QED) is 0.843. The molecule has 98 valence electrons. The molecule has 1 amide bonds. The second-order valence-corrected chi connectivity index (χ2v) is 4.86. The summed E-state index contributed by atoms with van der Waals surface area (Å²) in [4.78, 5) is 11.9. The van der Waals surface area contributed by atoms with Crippen molar-refractivity contribution in [2.75, 3.05) is 11.1 Å². The number of carbonyl (C=O) groups excluding carboxylic acids is 1. The first-order valence-corrected chi connectivity index (χ1v) is 6.33. The minimum atomic E-state index is -0.0997. The molecule has 19 heavy (non-hydrogen) atoms. The zero-order valence-corrected chi connectivity index (χ0v) is 11.4. The molecule has 0 saturated carbocycles. The van der Waals surface area contributed by atoms with E-state index >= 15 is 0 Å². The lowest BCUT2D eigenvalue weighted by Gasteiger charge is -2.08. The summed E-state index contributed by atoms with van der Waals surface area (Å²) in [6.07, 6.45) is 0.296. The van der Waals surface area contributed by atoms with Crippen LogP contribution in [0, 0.1) is 6.92 Å². The molecule has 3 nitrogen and oxygen atoms in total. The van der Waals surface area contributed by atoms with E-state index in [0.717, 1.165) is 11.1 Å². The first-order valence-electron chi connectivity index (χ1n) is 5.95. The zero-order valence-electron chi connectivity index (χ0n) is 10.6. The van der Waals surface area contributed by atoms with E-state index in [9.17, 15) is 4.79 Å². The van der Waals surface area contributed by atoms with Gasteiger partial charge in [-0.3, -0.25) is 4.79 Å². The van der Waals surface area contributed by atoms with Crippen LogP contribution in [0.15, 0.2) is 42.5 Å². The van der Waals surface area contributed by atoms with Crippen LogP contribution in [0.1, 0.15) is 11.1 Å². The Hall–Kier alpha value is -2.00. The van der Waals surface area contributed by atoms with Crippen LogP contribution < -0.4 is 11.1 Å². The predicted octanol–water partition coefficient (Wildman–Crippen LogP) is 3.41. The van der Waals surface area contributed by atoms with Crippen molar-refractivity contribution in [1.29, 1.82) is 0 Å². The van der Waals surface area contributed by atoms with E-state index in [4.69, 9.17) is 17.3 Å². The van der Waals surface area contributed by atoms with Crippen molar-refractivity contribution in [3.63, 3.8) is 0 Å². The van der Waals surface area contributed by atoms with Gasteiger partial charge < -0.3 is 11.1 Å². The van der Waals surface area contributed by atoms with Crippen molar-refractivity contribution < 1.29 is 4.79 Å². The maximum absolute atomic E-state index is 11.9. The number of amides is 1. The van der Waals surface area contributed by atoms with Gasteiger partial charge in [-0.15, -0.1) is 0 Å². The Morgan fingerprint density at radius 2 is 1.89 bits per heavy atom. The SMILES string of the molecule is Cc1ccc(Cl)c(NC(=O)Cc2ccc(N)cc2)c1. The van der Waals surface area contributed by atoms with Gasteiger partial charge >= 0.3 is 0 Å². The van der Waals surface area contributed by atoms with Crippen LogP contribution in [-0.2, 0) is 11.2 Å². The lowest BCUT2D eigenvalue weighted by molar-refractivity contribution is -0.115. The zero-order chi connectivity index (χ0) is 13.8. The van der Waals surface area contributed by atoms with Gasteiger partial charge in [-0.1, -0.05) is 29.8 Å². The third-order valence-electron chi connectivity index (χ3n) is 2.74. The molecule has 0 radical (unpaired) electrons. The number of carbonyl (C=O) groups is 1. The van der Waals surface area contributed by atoms with E-state index in [1.165, 1.54) is 0 Å². The number of halogens is 1. The maximum atomic E-state index is 11.9. The number of hydrogen-bond donors (Lipinski definition) is 2. The minimum absolute atomic E-state index is 0.0997. The van der Waals surface area contributed by atoms with Crippen molar-refractivity contribution in [3.05, 3.63) is 58.6 Å². The molecule has 0 aromatic heterocycles. The number of nitrogens with two attached hydrogens (primary N) is 1. The Morgan fingerprint density at radius 1 is 1.21 bits per heavy atom. The van der Waals surface area contributed by atoms with Gasteiger partial charge in [-0.25, -0.2) is 0 Å². The third kappa shape index (κ3) is 3.73. The van der Waals surface area contributed by atoms with Crippen molar-refractivity contribution in [1.82, 2.24) is 0 Å². The number of hydrogen-bond acceptors (Lipinski definition) is 2. The van der Waals surface area contributed by atoms with Gasteiger partial charge in [0.2, 0.25) is 5.91 Å². The molecular weight excluding hydrogens is 260 g/mol. The molecule has 0 spiro atoms. The van der Waals surface area contributed by atoms with Gasteiger partial charge in [0.05, 0.1) is 17.1 Å². The summed E-state index contributed by atoms with van der Waals surface area (Å²) < 4.78 is 0. The highest BCUT2D eigenvalue weighted by Gasteiger charge is 2.07. The summed E-state index contributed by atoms with van der Waals surface area (Å²) in [5.41, 5.74) is 8.89. The average molecular weight is 275 g/mol. The van der Waals surface area contributed by atoms with Gasteiger partial charge in [-0.05, 0) is 42.3 Å². The number of benzene rings is 2. The summed E-state index contributed by atoms with van der Waals surface area (Å²) in [6, 6.07) is 12.8. The van der Waals surface area contributed by atoms with Crippen LogP contribution in [-0.4, -0.2) is 5.91 Å². The Morgan fingerprint density at radius 3 is 2.58 bits per heavy atom. The van der Waals surface area contributed by atoms with E-state index in [1.807, 2.05) is 31.2 Å². The lowest BCUT2D eigenvalue weighted by Crippen LogP contribution is -2.14. The van der Waals surface area contributed by atoms with Crippen LogP contribution in [0.3, 0.4) is 0 Å². The van der Waals surface area contributed by atoms with Crippen LogP contribution in [0.5, 0.6) is 0 Å². The van der Waals surface area contributed by atoms with Crippen LogP contribution in [0.4, 0.5) is 11.4 Å². The number of aryl methyl sites for hydroxylation is 1. The number of nitrogen functional groups attached to an aromatic ring is 1. The molecule has 2 aromatic rings. The summed E-state index contributed by atoms with van der Waals surface area (Å²) in [5, 5.41) is 3.35. The van der Waals surface area contributed by atoms with E-state index in [0.29, 0.717) is 22.8 Å². The second-order valence-electron chi connectivity index (χ2n) is 4.45. The fraction of sp³-hybridized carbons (Fsp3) is 0.133. The standard InChI is InChI=1S/C15H15ClN2O/c1-10-2-7-13(16)14(8-10)18-15(19)9-11-3-5-12(17)6-4-11/h2-8H,9,17H2,1H3,(H,18,19). The molecule has 0 fully saturated rings. The van der Waals surface area contributed by atoms with Gasteiger partial charge in [0.1, 0.15) is 0 Å². The number of nitrogens with one attached hydrogen (secondary N) is 1. The molecular formula is C15H15ClN2O. The smallest absolute Gasteiger partial charge is 0.228 e. The van der Waals surface area contributed by atoms with E-state index in [1.54, 1.807) is 18.2 Å². The fourth-order valence-electron chi connectivity index (χ4n) is 1.75. The Balaban J connectivity index is 2.05. The first-order chi connectivity index (χ1) is 9.04. The van der Waals surface area contributed by atoms with Crippen LogP contribution in [0.25, 0.3) is 0 Å². The maximum Gasteiger partial charge on any atom is 0.228 e. The van der Waals surface area contributed by atoms with Gasteiger partial charge in [0, 0.05) is 5.69 Å². The molecule has 2 aromatic carbocycles. The second kappa shape index (κ2) is 5.76. The topological polar surface area (TPSA) is 55.1 Å². The number of rotatable bonds is 3. The highest BCUT2D eigenvalue weighted by Crippen LogP contribution is 2.22. The molecule has 0 unspecified atom stereocenters. The lowest BCUT2D eigenvalue weighted by atomic mass is 10.1. The van der Waals surface area contributed by atoms with E-state index < -0.39 is 0 Å². The first kappa shape index (κ1) is 13.4. The molecule has 2 rings (SSSR count). The Labute approximate surface area is 117 Å². The molecule has 0 bridgehead atoms. The Bertz CT molecular complexity index is 594. The van der Waals surface area contributed by atoms with Crippen molar-refractivity contribution >= 4 is 28.9 Å². The molecule has 4 heteroatoms. The molecule has 0 atom stereocenters.